The molecule has 0 bridgehead atoms. The first-order chi connectivity index (χ1) is 8.71. The second-order valence-corrected chi connectivity index (χ2v) is 7.36. The predicted octanol–water partition coefficient (Wildman–Crippen LogP) is 5.13. The Kier molecular flexibility index (Phi) is 5.82. The Labute approximate surface area is 126 Å². The molecule has 106 valence electrons. The van der Waals surface area contributed by atoms with Gasteiger partial charge in [0.25, 0.3) is 0 Å². The highest BCUT2D eigenvalue weighted by Gasteiger charge is 2.24. The molecule has 1 rings (SSSR count). The van der Waals surface area contributed by atoms with Gasteiger partial charge in [-0.25, -0.2) is 0 Å². The van der Waals surface area contributed by atoms with Crippen LogP contribution >= 0.6 is 15.9 Å². The van der Waals surface area contributed by atoms with Crippen LogP contribution in [0.15, 0.2) is 40.9 Å². The summed E-state index contributed by atoms with van der Waals surface area (Å²) in [5.74, 6) is 0.357. The van der Waals surface area contributed by atoms with Gasteiger partial charge in [0.15, 0.2) is 0 Å². The summed E-state index contributed by atoms with van der Waals surface area (Å²) in [6, 6.07) is 9.08. The van der Waals surface area contributed by atoms with Gasteiger partial charge in [-0.15, -0.1) is 0 Å². The largest absolute Gasteiger partial charge is 0.314 e. The lowest BCUT2D eigenvalue weighted by Gasteiger charge is -2.31. The molecule has 1 aromatic rings. The third-order valence-corrected chi connectivity index (χ3v) is 3.92. The van der Waals surface area contributed by atoms with E-state index in [2.05, 4.69) is 86.7 Å². The highest BCUT2D eigenvalue weighted by Crippen LogP contribution is 2.36. The van der Waals surface area contributed by atoms with Crippen molar-refractivity contribution in [3.63, 3.8) is 0 Å². The Hall–Kier alpha value is -0.600. The number of benzene rings is 1. The van der Waals surface area contributed by atoms with Crippen LogP contribution < -0.4 is 5.32 Å². The summed E-state index contributed by atoms with van der Waals surface area (Å²) < 4.78 is 1.12. The molecule has 0 heterocycles. The third kappa shape index (κ3) is 5.12. The number of rotatable bonds is 5. The summed E-state index contributed by atoms with van der Waals surface area (Å²) in [6.45, 7) is 16.3. The Balaban J connectivity index is 2.98. The molecule has 0 aliphatic carbocycles. The van der Waals surface area contributed by atoms with E-state index in [-0.39, 0.29) is 5.41 Å². The summed E-state index contributed by atoms with van der Waals surface area (Å²) in [7, 11) is 0. The zero-order valence-electron chi connectivity index (χ0n) is 12.8. The van der Waals surface area contributed by atoms with Gasteiger partial charge < -0.3 is 5.32 Å². The quantitative estimate of drug-likeness (QED) is 0.740. The molecule has 0 radical (unpaired) electrons. The minimum atomic E-state index is 0.121. The van der Waals surface area contributed by atoms with E-state index >= 15 is 0 Å². The first-order valence-electron chi connectivity index (χ1n) is 6.90. The van der Waals surface area contributed by atoms with E-state index in [0.717, 1.165) is 11.0 Å². The molecule has 0 fully saturated rings. The minimum absolute atomic E-state index is 0.121. The lowest BCUT2D eigenvalue weighted by atomic mass is 9.77. The maximum atomic E-state index is 4.35. The highest BCUT2D eigenvalue weighted by molar-refractivity contribution is 9.10. The Morgan fingerprint density at radius 2 is 1.74 bits per heavy atom. The molecule has 0 aromatic heterocycles. The molecular weight excluding hydrogens is 298 g/mol. The number of halogens is 1. The van der Waals surface area contributed by atoms with Crippen LogP contribution in [0, 0.1) is 5.41 Å². The standard InChI is InChI=1S/C17H26BrN/c1-12(2)19-11-16(13(3)17(4,5)6)14-7-9-15(18)10-8-14/h7-10,12,16,19H,3,11H2,1-2,4-6H3. The van der Waals surface area contributed by atoms with Crippen molar-refractivity contribution >= 4 is 15.9 Å². The highest BCUT2D eigenvalue weighted by atomic mass is 79.9. The van der Waals surface area contributed by atoms with Gasteiger partial charge in [-0.05, 0) is 23.1 Å². The summed E-state index contributed by atoms with van der Waals surface area (Å²) in [5.41, 5.74) is 2.73. The van der Waals surface area contributed by atoms with Crippen molar-refractivity contribution in [1.29, 1.82) is 0 Å². The van der Waals surface area contributed by atoms with Crippen LogP contribution in [0.3, 0.4) is 0 Å². The van der Waals surface area contributed by atoms with Crippen molar-refractivity contribution in [1.82, 2.24) is 5.32 Å². The van der Waals surface area contributed by atoms with Gasteiger partial charge >= 0.3 is 0 Å². The van der Waals surface area contributed by atoms with E-state index in [0.29, 0.717) is 12.0 Å². The Morgan fingerprint density at radius 1 is 1.21 bits per heavy atom. The molecule has 1 aromatic carbocycles. The first-order valence-corrected chi connectivity index (χ1v) is 7.69. The van der Waals surface area contributed by atoms with Crippen LogP contribution in [0.25, 0.3) is 0 Å². The molecule has 1 nitrogen and oxygen atoms in total. The van der Waals surface area contributed by atoms with Crippen molar-refractivity contribution in [2.45, 2.75) is 46.6 Å². The molecular formula is C17H26BrN. The topological polar surface area (TPSA) is 12.0 Å². The predicted molar refractivity (Wildman–Crippen MR) is 88.6 cm³/mol. The molecule has 1 N–H and O–H groups in total. The van der Waals surface area contributed by atoms with E-state index in [1.54, 1.807) is 0 Å². The summed E-state index contributed by atoms with van der Waals surface area (Å²) in [5, 5.41) is 3.54. The van der Waals surface area contributed by atoms with Gasteiger partial charge in [0.2, 0.25) is 0 Å². The summed E-state index contributed by atoms with van der Waals surface area (Å²) in [4.78, 5) is 0. The molecule has 0 saturated carbocycles. The van der Waals surface area contributed by atoms with Crippen LogP contribution in [0.2, 0.25) is 0 Å². The zero-order valence-corrected chi connectivity index (χ0v) is 14.3. The van der Waals surface area contributed by atoms with E-state index in [4.69, 9.17) is 0 Å². The van der Waals surface area contributed by atoms with E-state index in [1.807, 2.05) is 0 Å². The molecule has 0 aliphatic heterocycles. The van der Waals surface area contributed by atoms with Crippen LogP contribution in [0.4, 0.5) is 0 Å². The van der Waals surface area contributed by atoms with Gasteiger partial charge in [0, 0.05) is 23.0 Å². The summed E-state index contributed by atoms with van der Waals surface area (Å²) in [6.07, 6.45) is 0. The second kappa shape index (κ2) is 6.71. The minimum Gasteiger partial charge on any atom is -0.314 e. The number of nitrogens with one attached hydrogen (secondary N) is 1. The lowest BCUT2D eigenvalue weighted by Crippen LogP contribution is -2.31. The fourth-order valence-corrected chi connectivity index (χ4v) is 2.28. The normalized spacial score (nSPS) is 13.6. The van der Waals surface area contributed by atoms with Crippen molar-refractivity contribution < 1.29 is 0 Å². The lowest BCUT2D eigenvalue weighted by molar-refractivity contribution is 0.444. The fourth-order valence-electron chi connectivity index (χ4n) is 2.01. The maximum Gasteiger partial charge on any atom is 0.0176 e. The third-order valence-electron chi connectivity index (χ3n) is 3.39. The fraction of sp³-hybridized carbons (Fsp3) is 0.529. The Bertz CT molecular complexity index is 412. The zero-order chi connectivity index (χ0) is 14.6. The van der Waals surface area contributed by atoms with Crippen molar-refractivity contribution in [2.24, 2.45) is 5.41 Å². The van der Waals surface area contributed by atoms with Gasteiger partial charge in [-0.2, -0.15) is 0 Å². The average Bonchev–Trinajstić information content (AvgIpc) is 2.29. The molecule has 2 heteroatoms. The van der Waals surface area contributed by atoms with Crippen LogP contribution in [0.5, 0.6) is 0 Å². The van der Waals surface area contributed by atoms with Gasteiger partial charge in [0.05, 0.1) is 0 Å². The molecule has 1 unspecified atom stereocenters. The van der Waals surface area contributed by atoms with E-state index in [1.165, 1.54) is 11.1 Å². The average molecular weight is 324 g/mol. The maximum absolute atomic E-state index is 4.35. The second-order valence-electron chi connectivity index (χ2n) is 6.44. The van der Waals surface area contributed by atoms with Crippen molar-refractivity contribution in [3.05, 3.63) is 46.5 Å². The summed E-state index contributed by atoms with van der Waals surface area (Å²) >= 11 is 3.50. The molecule has 0 spiro atoms. The van der Waals surface area contributed by atoms with E-state index in [9.17, 15) is 0 Å². The molecule has 0 amide bonds. The van der Waals surface area contributed by atoms with Crippen LogP contribution in [-0.2, 0) is 0 Å². The number of hydrogen-bond donors (Lipinski definition) is 1. The monoisotopic (exact) mass is 323 g/mol. The smallest absolute Gasteiger partial charge is 0.0176 e. The van der Waals surface area contributed by atoms with Gasteiger partial charge in [-0.1, -0.05) is 74.8 Å². The van der Waals surface area contributed by atoms with Crippen molar-refractivity contribution in [3.8, 4) is 0 Å². The van der Waals surface area contributed by atoms with Crippen molar-refractivity contribution in [2.75, 3.05) is 6.54 Å². The molecule has 0 saturated heterocycles. The molecule has 19 heavy (non-hydrogen) atoms. The van der Waals surface area contributed by atoms with E-state index < -0.39 is 0 Å². The first kappa shape index (κ1) is 16.5. The molecule has 0 aliphatic rings. The van der Waals surface area contributed by atoms with Crippen LogP contribution in [0.1, 0.15) is 46.1 Å². The number of hydrogen-bond acceptors (Lipinski definition) is 1. The Morgan fingerprint density at radius 3 is 2.16 bits per heavy atom. The van der Waals surface area contributed by atoms with Gasteiger partial charge in [-0.3, -0.25) is 0 Å². The molecule has 1 atom stereocenters. The SMILES string of the molecule is C=C(C(CNC(C)C)c1ccc(Br)cc1)C(C)(C)C. The van der Waals surface area contributed by atoms with Crippen LogP contribution in [-0.4, -0.2) is 12.6 Å². The van der Waals surface area contributed by atoms with Gasteiger partial charge in [0.1, 0.15) is 0 Å².